The van der Waals surface area contributed by atoms with Crippen LogP contribution in [0.1, 0.15) is 26.9 Å². The average molecular weight is 208 g/mol. The maximum atomic E-state index is 11.9. The summed E-state index contributed by atoms with van der Waals surface area (Å²) in [5.74, 6) is -0.580. The van der Waals surface area contributed by atoms with Crippen LogP contribution in [0.3, 0.4) is 0 Å². The number of hydrogen-bond donors (Lipinski definition) is 1. The number of aliphatic hydroxyl groups is 1. The molecule has 0 radical (unpaired) electrons. The zero-order valence-electron chi connectivity index (χ0n) is 10.1. The van der Waals surface area contributed by atoms with Gasteiger partial charge in [0.2, 0.25) is 0 Å². The lowest BCUT2D eigenvalue weighted by molar-refractivity contribution is -0.140. The summed E-state index contributed by atoms with van der Waals surface area (Å²) in [6.07, 6.45) is -2.19. The number of rotatable bonds is 4. The molecule has 1 atom stereocenters. The van der Waals surface area contributed by atoms with Crippen LogP contribution in [0.5, 0.6) is 0 Å². The Balaban J connectivity index is 2.98. The molecule has 0 spiro atoms. The van der Waals surface area contributed by atoms with Crippen molar-refractivity contribution in [2.75, 3.05) is 13.1 Å². The van der Waals surface area contributed by atoms with Crippen molar-refractivity contribution < 1.29 is 11.3 Å². The summed E-state index contributed by atoms with van der Waals surface area (Å²) in [6.45, 7) is 4.62. The van der Waals surface area contributed by atoms with Gasteiger partial charge in [-0.05, 0) is 19.4 Å². The number of amides is 1. The van der Waals surface area contributed by atoms with Crippen LogP contribution < -0.4 is 0 Å². The molecule has 3 nitrogen and oxygen atoms in total. The second kappa shape index (κ2) is 5.51. The normalized spacial score (nSPS) is 15.3. The molecule has 0 aliphatic rings. The summed E-state index contributed by atoms with van der Waals surface area (Å²) in [4.78, 5) is 13.4. The van der Waals surface area contributed by atoms with E-state index in [1.807, 2.05) is 13.8 Å². The molecule has 1 N–H and O–H groups in total. The van der Waals surface area contributed by atoms with Gasteiger partial charge in [-0.25, -0.2) is 0 Å². The van der Waals surface area contributed by atoms with Crippen molar-refractivity contribution in [3.8, 4) is 0 Å². The molecule has 0 aliphatic carbocycles. The van der Waals surface area contributed by atoms with Crippen LogP contribution in [0, 0.1) is 0 Å². The first-order chi connectivity index (χ1) is 7.54. The zero-order chi connectivity index (χ0) is 12.2. The van der Waals surface area contributed by atoms with E-state index in [1.54, 1.807) is 30.3 Å². The molecule has 1 amide bonds. The monoisotopic (exact) mass is 208 g/mol. The van der Waals surface area contributed by atoms with Crippen LogP contribution in [0.25, 0.3) is 0 Å². The standard InChI is InChI=1S/C12H17NO2/c1-3-13(4-2)12(15)11(14)10-8-6-5-7-9-10/h5-9,11,14H,3-4H2,1-2H3/i11D. The lowest BCUT2D eigenvalue weighted by Crippen LogP contribution is -2.34. The molecule has 15 heavy (non-hydrogen) atoms. The molecule has 82 valence electrons. The zero-order valence-corrected chi connectivity index (χ0v) is 9.10. The molecule has 0 bridgehead atoms. The Hall–Kier alpha value is -1.35. The van der Waals surface area contributed by atoms with Gasteiger partial charge in [0.1, 0.15) is 0 Å². The highest BCUT2D eigenvalue weighted by Gasteiger charge is 2.21. The minimum Gasteiger partial charge on any atom is -0.378 e. The Morgan fingerprint density at radius 1 is 1.40 bits per heavy atom. The van der Waals surface area contributed by atoms with E-state index in [2.05, 4.69) is 0 Å². The molecule has 0 saturated heterocycles. The van der Waals surface area contributed by atoms with Crippen molar-refractivity contribution in [3.63, 3.8) is 0 Å². The van der Waals surface area contributed by atoms with Crippen molar-refractivity contribution in [1.29, 1.82) is 0 Å². The fourth-order valence-electron chi connectivity index (χ4n) is 1.38. The minimum atomic E-state index is -2.19. The van der Waals surface area contributed by atoms with Crippen LogP contribution in [-0.2, 0) is 4.79 Å². The Labute approximate surface area is 91.7 Å². The number of likely N-dealkylation sites (N-methyl/N-ethyl adjacent to an activating group) is 1. The fraction of sp³-hybridized carbons (Fsp3) is 0.417. The minimum absolute atomic E-state index is 0.298. The van der Waals surface area contributed by atoms with Crippen LogP contribution in [-0.4, -0.2) is 29.0 Å². The van der Waals surface area contributed by atoms with Gasteiger partial charge in [0, 0.05) is 13.1 Å². The Morgan fingerprint density at radius 2 is 1.93 bits per heavy atom. The van der Waals surface area contributed by atoms with Gasteiger partial charge in [0.15, 0.2) is 6.08 Å². The van der Waals surface area contributed by atoms with Gasteiger partial charge in [0.05, 0.1) is 1.37 Å². The lowest BCUT2D eigenvalue weighted by atomic mass is 10.1. The number of hydrogen-bond acceptors (Lipinski definition) is 2. The Kier molecular flexibility index (Phi) is 3.74. The van der Waals surface area contributed by atoms with E-state index in [1.165, 1.54) is 4.90 Å². The molecule has 0 aliphatic heterocycles. The van der Waals surface area contributed by atoms with Gasteiger partial charge < -0.3 is 10.0 Å². The highest BCUT2D eigenvalue weighted by molar-refractivity contribution is 5.82. The summed E-state index contributed by atoms with van der Waals surface area (Å²) in [7, 11) is 0. The van der Waals surface area contributed by atoms with Crippen LogP contribution in [0.4, 0.5) is 0 Å². The van der Waals surface area contributed by atoms with Crippen molar-refractivity contribution in [3.05, 3.63) is 35.9 Å². The molecule has 1 rings (SSSR count). The molecule has 0 saturated carbocycles. The second-order valence-electron chi connectivity index (χ2n) is 3.19. The van der Waals surface area contributed by atoms with Gasteiger partial charge >= 0.3 is 0 Å². The summed E-state index contributed by atoms with van der Waals surface area (Å²) in [5, 5.41) is 9.96. The Morgan fingerprint density at radius 3 is 2.40 bits per heavy atom. The van der Waals surface area contributed by atoms with E-state index in [0.29, 0.717) is 18.7 Å². The van der Waals surface area contributed by atoms with E-state index in [0.717, 1.165) is 0 Å². The first kappa shape index (κ1) is 10.2. The van der Waals surface area contributed by atoms with Crippen LogP contribution >= 0.6 is 0 Å². The van der Waals surface area contributed by atoms with Crippen molar-refractivity contribution in [2.45, 2.75) is 19.9 Å². The van der Waals surface area contributed by atoms with E-state index in [-0.39, 0.29) is 0 Å². The number of carbonyl (C=O) groups excluding carboxylic acids is 1. The SMILES string of the molecule is [2H]C(O)(C(=O)N(CC)CC)c1ccccc1. The number of benzene rings is 1. The predicted octanol–water partition coefficient (Wildman–Crippen LogP) is 1.59. The maximum Gasteiger partial charge on any atom is 0.256 e. The van der Waals surface area contributed by atoms with E-state index >= 15 is 0 Å². The van der Waals surface area contributed by atoms with Gasteiger partial charge in [-0.3, -0.25) is 4.79 Å². The van der Waals surface area contributed by atoms with Crippen molar-refractivity contribution in [1.82, 2.24) is 4.90 Å². The lowest BCUT2D eigenvalue weighted by Gasteiger charge is -2.22. The van der Waals surface area contributed by atoms with Crippen molar-refractivity contribution >= 4 is 5.91 Å². The van der Waals surface area contributed by atoms with Gasteiger partial charge in [0.25, 0.3) is 5.91 Å². The molecule has 0 heterocycles. The quantitative estimate of drug-likeness (QED) is 0.816. The summed E-state index contributed by atoms with van der Waals surface area (Å²) in [5.41, 5.74) is 0.298. The third-order valence-corrected chi connectivity index (χ3v) is 2.30. The van der Waals surface area contributed by atoms with Crippen LogP contribution in [0.2, 0.25) is 0 Å². The van der Waals surface area contributed by atoms with Gasteiger partial charge in [-0.15, -0.1) is 0 Å². The maximum absolute atomic E-state index is 11.9. The molecular weight excluding hydrogens is 190 g/mol. The average Bonchev–Trinajstić information content (AvgIpc) is 2.31. The van der Waals surface area contributed by atoms with E-state index in [9.17, 15) is 9.90 Å². The smallest absolute Gasteiger partial charge is 0.256 e. The van der Waals surface area contributed by atoms with Crippen LogP contribution in [0.15, 0.2) is 30.3 Å². The first-order valence-electron chi connectivity index (χ1n) is 5.61. The fourth-order valence-corrected chi connectivity index (χ4v) is 1.38. The summed E-state index contributed by atoms with van der Waals surface area (Å²) >= 11 is 0. The Bertz CT molecular complexity index is 347. The van der Waals surface area contributed by atoms with E-state index in [4.69, 9.17) is 1.37 Å². The summed E-state index contributed by atoms with van der Waals surface area (Å²) < 4.78 is 7.77. The highest BCUT2D eigenvalue weighted by atomic mass is 16.3. The van der Waals surface area contributed by atoms with E-state index < -0.39 is 12.0 Å². The third-order valence-electron chi connectivity index (χ3n) is 2.30. The molecule has 0 fully saturated rings. The predicted molar refractivity (Wildman–Crippen MR) is 59.3 cm³/mol. The molecular formula is C12H17NO2. The summed E-state index contributed by atoms with van der Waals surface area (Å²) in [6, 6.07) is 8.33. The number of carbonyl (C=O) groups is 1. The highest BCUT2D eigenvalue weighted by Crippen LogP contribution is 2.14. The first-order valence-corrected chi connectivity index (χ1v) is 5.11. The number of nitrogens with zero attached hydrogens (tertiary/aromatic N) is 1. The molecule has 1 aromatic carbocycles. The molecule has 1 aromatic rings. The largest absolute Gasteiger partial charge is 0.378 e. The topological polar surface area (TPSA) is 40.5 Å². The van der Waals surface area contributed by atoms with Gasteiger partial charge in [-0.2, -0.15) is 0 Å². The molecule has 0 aromatic heterocycles. The second-order valence-corrected chi connectivity index (χ2v) is 3.19. The molecule has 3 heteroatoms. The third kappa shape index (κ3) is 2.80. The van der Waals surface area contributed by atoms with Gasteiger partial charge in [-0.1, -0.05) is 30.3 Å². The molecule has 1 unspecified atom stereocenters. The van der Waals surface area contributed by atoms with Crippen molar-refractivity contribution in [2.24, 2.45) is 0 Å².